The highest BCUT2D eigenvalue weighted by Crippen LogP contribution is 2.16. The van der Waals surface area contributed by atoms with Gasteiger partial charge in [0, 0.05) is 18.9 Å². The Bertz CT molecular complexity index is 625. The van der Waals surface area contributed by atoms with Crippen molar-refractivity contribution < 1.29 is 4.79 Å². The number of anilines is 1. The molecule has 20 heavy (non-hydrogen) atoms. The van der Waals surface area contributed by atoms with Crippen molar-refractivity contribution in [1.82, 2.24) is 19.9 Å². The summed E-state index contributed by atoms with van der Waals surface area (Å²) in [6.45, 7) is 4.11. The van der Waals surface area contributed by atoms with E-state index in [-0.39, 0.29) is 6.03 Å². The molecule has 0 fully saturated rings. The molecule has 0 atom stereocenters. The SMILES string of the molecule is Cc1cnc(CN(C)C(=O)Nc2ccc(Cl)nc2C)[nH]1. The topological polar surface area (TPSA) is 73.9 Å². The molecular formula is C13H16ClN5O. The van der Waals surface area contributed by atoms with E-state index in [1.54, 1.807) is 32.3 Å². The van der Waals surface area contributed by atoms with Crippen LogP contribution in [0.3, 0.4) is 0 Å². The first kappa shape index (κ1) is 14.3. The average molecular weight is 294 g/mol. The fraction of sp³-hybridized carbons (Fsp3) is 0.308. The van der Waals surface area contributed by atoms with E-state index in [0.29, 0.717) is 23.1 Å². The fourth-order valence-corrected chi connectivity index (χ4v) is 1.91. The van der Waals surface area contributed by atoms with Crippen LogP contribution in [0.25, 0.3) is 0 Å². The number of H-pyrrole nitrogens is 1. The summed E-state index contributed by atoms with van der Waals surface area (Å²) in [7, 11) is 1.70. The molecule has 2 N–H and O–H groups in total. The Morgan fingerprint density at radius 3 is 2.80 bits per heavy atom. The molecule has 2 aromatic heterocycles. The van der Waals surface area contributed by atoms with Gasteiger partial charge in [-0.1, -0.05) is 11.6 Å². The van der Waals surface area contributed by atoms with Gasteiger partial charge in [-0.2, -0.15) is 0 Å². The highest BCUT2D eigenvalue weighted by atomic mass is 35.5. The first-order valence-electron chi connectivity index (χ1n) is 6.11. The number of nitrogens with zero attached hydrogens (tertiary/aromatic N) is 3. The van der Waals surface area contributed by atoms with E-state index >= 15 is 0 Å². The molecule has 2 amide bonds. The van der Waals surface area contributed by atoms with Crippen LogP contribution in [0.15, 0.2) is 18.3 Å². The molecule has 0 saturated carbocycles. The molecule has 106 valence electrons. The molecular weight excluding hydrogens is 278 g/mol. The van der Waals surface area contributed by atoms with Crippen molar-refractivity contribution in [3.8, 4) is 0 Å². The number of nitrogens with one attached hydrogen (secondary N) is 2. The maximum Gasteiger partial charge on any atom is 0.322 e. The van der Waals surface area contributed by atoms with Crippen LogP contribution in [0.1, 0.15) is 17.2 Å². The second-order valence-corrected chi connectivity index (χ2v) is 4.95. The standard InChI is InChI=1S/C13H16ClN5O/c1-8-6-15-12(16-8)7-19(3)13(20)18-10-4-5-11(14)17-9(10)2/h4-6H,7H2,1-3H3,(H,15,16)(H,18,20). The zero-order valence-electron chi connectivity index (χ0n) is 11.6. The van der Waals surface area contributed by atoms with Crippen molar-refractivity contribution in [1.29, 1.82) is 0 Å². The summed E-state index contributed by atoms with van der Waals surface area (Å²) in [5.41, 5.74) is 2.28. The number of hydrogen-bond acceptors (Lipinski definition) is 3. The zero-order chi connectivity index (χ0) is 14.7. The van der Waals surface area contributed by atoms with E-state index in [2.05, 4.69) is 20.3 Å². The third kappa shape index (κ3) is 3.48. The molecule has 0 spiro atoms. The number of carbonyl (C=O) groups excluding carboxylic acids is 1. The van der Waals surface area contributed by atoms with Crippen molar-refractivity contribution in [2.75, 3.05) is 12.4 Å². The Labute approximate surface area is 122 Å². The van der Waals surface area contributed by atoms with Gasteiger partial charge in [-0.3, -0.25) is 0 Å². The first-order chi connectivity index (χ1) is 9.45. The number of aryl methyl sites for hydroxylation is 2. The monoisotopic (exact) mass is 293 g/mol. The Kier molecular flexibility index (Phi) is 4.24. The minimum absolute atomic E-state index is 0.230. The van der Waals surface area contributed by atoms with Gasteiger partial charge in [-0.15, -0.1) is 0 Å². The maximum atomic E-state index is 12.1. The third-order valence-corrected chi connectivity index (χ3v) is 2.99. The van der Waals surface area contributed by atoms with Gasteiger partial charge < -0.3 is 15.2 Å². The lowest BCUT2D eigenvalue weighted by molar-refractivity contribution is 0.219. The second-order valence-electron chi connectivity index (χ2n) is 4.57. The van der Waals surface area contributed by atoms with E-state index in [9.17, 15) is 4.79 Å². The van der Waals surface area contributed by atoms with Gasteiger partial charge in [0.1, 0.15) is 11.0 Å². The molecule has 0 bridgehead atoms. The molecule has 2 heterocycles. The molecule has 2 aromatic rings. The van der Waals surface area contributed by atoms with Crippen LogP contribution < -0.4 is 5.32 Å². The normalized spacial score (nSPS) is 10.4. The van der Waals surface area contributed by atoms with Crippen LogP contribution in [0.4, 0.5) is 10.5 Å². The number of pyridine rings is 1. The molecule has 7 heteroatoms. The van der Waals surface area contributed by atoms with Gasteiger partial charge in [0.15, 0.2) is 0 Å². The quantitative estimate of drug-likeness (QED) is 0.855. The summed E-state index contributed by atoms with van der Waals surface area (Å²) in [5, 5.41) is 3.19. The lowest BCUT2D eigenvalue weighted by atomic mass is 10.3. The van der Waals surface area contributed by atoms with Crippen LogP contribution >= 0.6 is 11.6 Å². The predicted molar refractivity (Wildman–Crippen MR) is 77.8 cm³/mol. The molecule has 2 rings (SSSR count). The van der Waals surface area contributed by atoms with E-state index in [1.807, 2.05) is 6.92 Å². The summed E-state index contributed by atoms with van der Waals surface area (Å²) < 4.78 is 0. The summed E-state index contributed by atoms with van der Waals surface area (Å²) in [4.78, 5) is 24.9. The number of carbonyl (C=O) groups is 1. The molecule has 0 aliphatic rings. The first-order valence-corrected chi connectivity index (χ1v) is 6.49. The third-order valence-electron chi connectivity index (χ3n) is 2.78. The van der Waals surface area contributed by atoms with E-state index < -0.39 is 0 Å². The van der Waals surface area contributed by atoms with Crippen molar-refractivity contribution in [3.05, 3.63) is 40.7 Å². The summed E-state index contributed by atoms with van der Waals surface area (Å²) in [6.07, 6.45) is 1.73. The number of halogens is 1. The molecule has 0 radical (unpaired) electrons. The van der Waals surface area contributed by atoms with Crippen molar-refractivity contribution in [2.45, 2.75) is 20.4 Å². The molecule has 6 nitrogen and oxygen atoms in total. The van der Waals surface area contributed by atoms with Gasteiger partial charge >= 0.3 is 6.03 Å². The highest BCUT2D eigenvalue weighted by Gasteiger charge is 2.12. The van der Waals surface area contributed by atoms with E-state index in [0.717, 1.165) is 11.5 Å². The number of amides is 2. The molecule has 0 saturated heterocycles. The summed E-state index contributed by atoms with van der Waals surface area (Å²) >= 11 is 5.78. The molecule has 0 aromatic carbocycles. The minimum atomic E-state index is -0.230. The number of urea groups is 1. The predicted octanol–water partition coefficient (Wildman–Crippen LogP) is 2.74. The van der Waals surface area contributed by atoms with Crippen molar-refractivity contribution in [2.24, 2.45) is 0 Å². The fourth-order valence-electron chi connectivity index (χ4n) is 1.72. The van der Waals surface area contributed by atoms with E-state index in [1.165, 1.54) is 4.90 Å². The Hall–Kier alpha value is -2.08. The lowest BCUT2D eigenvalue weighted by Crippen LogP contribution is -2.31. The van der Waals surface area contributed by atoms with Crippen LogP contribution in [0.5, 0.6) is 0 Å². The molecule has 0 aliphatic carbocycles. The van der Waals surface area contributed by atoms with E-state index in [4.69, 9.17) is 11.6 Å². The Balaban J connectivity index is 2.00. The van der Waals surface area contributed by atoms with Gasteiger partial charge in [-0.05, 0) is 26.0 Å². The van der Waals surface area contributed by atoms with Crippen LogP contribution in [0, 0.1) is 13.8 Å². The maximum absolute atomic E-state index is 12.1. The Morgan fingerprint density at radius 1 is 1.45 bits per heavy atom. The summed E-state index contributed by atoms with van der Waals surface area (Å²) in [6, 6.07) is 3.14. The highest BCUT2D eigenvalue weighted by molar-refractivity contribution is 6.29. The van der Waals surface area contributed by atoms with Gasteiger partial charge in [0.2, 0.25) is 0 Å². The number of rotatable bonds is 3. The number of aromatic nitrogens is 3. The van der Waals surface area contributed by atoms with Crippen LogP contribution in [-0.4, -0.2) is 32.9 Å². The van der Waals surface area contributed by atoms with Gasteiger partial charge in [0.05, 0.1) is 17.9 Å². The minimum Gasteiger partial charge on any atom is -0.345 e. The zero-order valence-corrected chi connectivity index (χ0v) is 12.3. The van der Waals surface area contributed by atoms with Gasteiger partial charge in [-0.25, -0.2) is 14.8 Å². The molecule has 0 unspecified atom stereocenters. The van der Waals surface area contributed by atoms with Crippen molar-refractivity contribution in [3.63, 3.8) is 0 Å². The van der Waals surface area contributed by atoms with Crippen LogP contribution in [-0.2, 0) is 6.54 Å². The number of hydrogen-bond donors (Lipinski definition) is 2. The number of imidazole rings is 1. The summed E-state index contributed by atoms with van der Waals surface area (Å²) in [5.74, 6) is 0.742. The lowest BCUT2D eigenvalue weighted by Gasteiger charge is -2.17. The van der Waals surface area contributed by atoms with Crippen molar-refractivity contribution >= 4 is 23.3 Å². The smallest absolute Gasteiger partial charge is 0.322 e. The largest absolute Gasteiger partial charge is 0.345 e. The second kappa shape index (κ2) is 5.92. The number of aromatic amines is 1. The average Bonchev–Trinajstić information content (AvgIpc) is 2.78. The Morgan fingerprint density at radius 2 is 2.20 bits per heavy atom. The van der Waals surface area contributed by atoms with Gasteiger partial charge in [0.25, 0.3) is 0 Å². The van der Waals surface area contributed by atoms with Crippen LogP contribution in [0.2, 0.25) is 5.15 Å². The molecule has 0 aliphatic heterocycles.